The molecule has 0 aliphatic carbocycles. The van der Waals surface area contributed by atoms with Gasteiger partial charge in [0, 0.05) is 11.8 Å². The van der Waals surface area contributed by atoms with Gasteiger partial charge in [-0.15, -0.1) is 0 Å². The molecule has 0 saturated carbocycles. The molecule has 0 aliphatic heterocycles. The zero-order valence-electron chi connectivity index (χ0n) is 12.8. The average molecular weight is 303 g/mol. The number of anilines is 1. The first kappa shape index (κ1) is 14.9. The van der Waals surface area contributed by atoms with Crippen LogP contribution in [0.25, 0.3) is 16.8 Å². The van der Waals surface area contributed by atoms with Crippen LogP contribution in [0.15, 0.2) is 72.8 Å². The highest BCUT2D eigenvalue weighted by molar-refractivity contribution is 6.03. The minimum absolute atomic E-state index is 0.156. The van der Waals surface area contributed by atoms with Crippen LogP contribution in [-0.2, 0) is 4.79 Å². The summed E-state index contributed by atoms with van der Waals surface area (Å²) in [6, 6.07) is 21.4. The van der Waals surface area contributed by atoms with E-state index in [2.05, 4.69) is 5.32 Å². The van der Waals surface area contributed by atoms with Crippen LogP contribution in [0.3, 0.4) is 0 Å². The van der Waals surface area contributed by atoms with Crippen molar-refractivity contribution in [2.75, 3.05) is 12.4 Å². The number of methoxy groups -OCH3 is 1. The molecule has 3 aromatic rings. The van der Waals surface area contributed by atoms with E-state index >= 15 is 0 Å². The molecule has 0 aromatic heterocycles. The lowest BCUT2D eigenvalue weighted by Crippen LogP contribution is -2.07. The predicted molar refractivity (Wildman–Crippen MR) is 94.6 cm³/mol. The summed E-state index contributed by atoms with van der Waals surface area (Å²) in [4.78, 5) is 12.0. The molecule has 0 spiro atoms. The van der Waals surface area contributed by atoms with Gasteiger partial charge in [0.05, 0.1) is 7.11 Å². The molecule has 114 valence electrons. The number of hydrogen-bond donors (Lipinski definition) is 1. The van der Waals surface area contributed by atoms with Crippen LogP contribution >= 0.6 is 0 Å². The molecular weight excluding hydrogens is 286 g/mol. The van der Waals surface area contributed by atoms with E-state index in [0.717, 1.165) is 27.8 Å². The third kappa shape index (κ3) is 3.77. The zero-order valence-corrected chi connectivity index (χ0v) is 12.8. The first-order valence-corrected chi connectivity index (χ1v) is 7.36. The Morgan fingerprint density at radius 1 is 0.957 bits per heavy atom. The maximum absolute atomic E-state index is 12.0. The van der Waals surface area contributed by atoms with Crippen molar-refractivity contribution in [1.29, 1.82) is 0 Å². The van der Waals surface area contributed by atoms with E-state index in [1.807, 2.05) is 66.7 Å². The summed E-state index contributed by atoms with van der Waals surface area (Å²) in [7, 11) is 1.63. The number of carbonyl (C=O) groups is 1. The molecule has 3 aromatic carbocycles. The van der Waals surface area contributed by atoms with Crippen molar-refractivity contribution in [2.24, 2.45) is 0 Å². The van der Waals surface area contributed by atoms with Gasteiger partial charge in [-0.1, -0.05) is 42.5 Å². The molecule has 0 atom stereocenters. The topological polar surface area (TPSA) is 38.3 Å². The molecule has 1 amide bonds. The van der Waals surface area contributed by atoms with Crippen LogP contribution in [0.1, 0.15) is 5.56 Å². The molecule has 3 nitrogen and oxygen atoms in total. The number of ether oxygens (including phenoxy) is 1. The molecule has 0 unspecified atom stereocenters. The van der Waals surface area contributed by atoms with Crippen LogP contribution in [0.5, 0.6) is 5.75 Å². The maximum Gasteiger partial charge on any atom is 0.248 e. The fourth-order valence-electron chi connectivity index (χ4n) is 2.34. The van der Waals surface area contributed by atoms with E-state index in [0.29, 0.717) is 0 Å². The minimum Gasteiger partial charge on any atom is -0.497 e. The summed E-state index contributed by atoms with van der Waals surface area (Å²) >= 11 is 0. The summed E-state index contributed by atoms with van der Waals surface area (Å²) in [5, 5.41) is 5.13. The standard InChI is InChI=1S/C20H17NO2/c1-23-19-11-6-15(7-12-19)8-13-20(22)21-18-10-9-16-4-2-3-5-17(16)14-18/h2-14H,1H3,(H,21,22)/b13-8+. The number of benzene rings is 3. The third-order valence-corrected chi connectivity index (χ3v) is 3.56. The summed E-state index contributed by atoms with van der Waals surface area (Å²) in [6.45, 7) is 0. The second-order valence-electron chi connectivity index (χ2n) is 5.16. The Labute approximate surface area is 135 Å². The molecular formula is C20H17NO2. The first-order chi connectivity index (χ1) is 11.2. The van der Waals surface area contributed by atoms with Crippen molar-refractivity contribution in [3.8, 4) is 5.75 Å². The summed E-state index contributed by atoms with van der Waals surface area (Å²) in [6.07, 6.45) is 3.30. The van der Waals surface area contributed by atoms with Crippen molar-refractivity contribution in [3.63, 3.8) is 0 Å². The maximum atomic E-state index is 12.0. The Bertz CT molecular complexity index is 851. The molecule has 3 heteroatoms. The van der Waals surface area contributed by atoms with Crippen molar-refractivity contribution in [1.82, 2.24) is 0 Å². The average Bonchev–Trinajstić information content (AvgIpc) is 2.60. The summed E-state index contributed by atoms with van der Waals surface area (Å²) in [5.74, 6) is 0.638. The zero-order chi connectivity index (χ0) is 16.1. The van der Waals surface area contributed by atoms with E-state index in [1.165, 1.54) is 6.08 Å². The van der Waals surface area contributed by atoms with Gasteiger partial charge in [0.15, 0.2) is 0 Å². The minimum atomic E-state index is -0.156. The van der Waals surface area contributed by atoms with Crippen molar-refractivity contribution in [2.45, 2.75) is 0 Å². The van der Waals surface area contributed by atoms with Gasteiger partial charge in [-0.05, 0) is 46.7 Å². The number of amides is 1. The van der Waals surface area contributed by atoms with Gasteiger partial charge in [-0.2, -0.15) is 0 Å². The van der Waals surface area contributed by atoms with Crippen LogP contribution in [0, 0.1) is 0 Å². The number of hydrogen-bond acceptors (Lipinski definition) is 2. The molecule has 0 saturated heterocycles. The normalized spacial score (nSPS) is 10.8. The second kappa shape index (κ2) is 6.79. The van der Waals surface area contributed by atoms with Gasteiger partial charge in [-0.3, -0.25) is 4.79 Å². The second-order valence-corrected chi connectivity index (χ2v) is 5.16. The molecule has 0 aliphatic rings. The monoisotopic (exact) mass is 303 g/mol. The number of fused-ring (bicyclic) bond motifs is 1. The lowest BCUT2D eigenvalue weighted by Gasteiger charge is -2.04. The number of carbonyl (C=O) groups excluding carboxylic acids is 1. The molecule has 3 rings (SSSR count). The van der Waals surface area contributed by atoms with Crippen LogP contribution in [-0.4, -0.2) is 13.0 Å². The fraction of sp³-hybridized carbons (Fsp3) is 0.0500. The Kier molecular flexibility index (Phi) is 4.39. The molecule has 0 heterocycles. The molecule has 23 heavy (non-hydrogen) atoms. The highest BCUT2D eigenvalue weighted by atomic mass is 16.5. The Hall–Kier alpha value is -3.07. The molecule has 0 bridgehead atoms. The van der Waals surface area contributed by atoms with E-state index in [9.17, 15) is 4.79 Å². The lowest BCUT2D eigenvalue weighted by molar-refractivity contribution is -0.111. The van der Waals surface area contributed by atoms with Crippen LogP contribution in [0.2, 0.25) is 0 Å². The molecule has 0 fully saturated rings. The third-order valence-electron chi connectivity index (χ3n) is 3.56. The number of nitrogens with one attached hydrogen (secondary N) is 1. The van der Waals surface area contributed by atoms with Crippen molar-refractivity contribution in [3.05, 3.63) is 78.4 Å². The van der Waals surface area contributed by atoms with Crippen LogP contribution in [0.4, 0.5) is 5.69 Å². The fourth-order valence-corrected chi connectivity index (χ4v) is 2.34. The van der Waals surface area contributed by atoms with Crippen LogP contribution < -0.4 is 10.1 Å². The predicted octanol–water partition coefficient (Wildman–Crippen LogP) is 4.50. The molecule has 0 radical (unpaired) electrons. The van der Waals surface area contributed by atoms with Gasteiger partial charge < -0.3 is 10.1 Å². The van der Waals surface area contributed by atoms with Gasteiger partial charge in [0.2, 0.25) is 5.91 Å². The van der Waals surface area contributed by atoms with Gasteiger partial charge in [0.1, 0.15) is 5.75 Å². The lowest BCUT2D eigenvalue weighted by atomic mass is 10.1. The Balaban J connectivity index is 1.68. The van der Waals surface area contributed by atoms with E-state index in [-0.39, 0.29) is 5.91 Å². The smallest absolute Gasteiger partial charge is 0.248 e. The van der Waals surface area contributed by atoms with Crippen molar-refractivity contribution < 1.29 is 9.53 Å². The Morgan fingerprint density at radius 3 is 2.43 bits per heavy atom. The first-order valence-electron chi connectivity index (χ1n) is 7.36. The van der Waals surface area contributed by atoms with E-state index < -0.39 is 0 Å². The largest absolute Gasteiger partial charge is 0.497 e. The SMILES string of the molecule is COc1ccc(/C=C/C(=O)Nc2ccc3ccccc3c2)cc1. The number of rotatable bonds is 4. The van der Waals surface area contributed by atoms with Gasteiger partial charge in [-0.25, -0.2) is 0 Å². The van der Waals surface area contributed by atoms with E-state index in [1.54, 1.807) is 13.2 Å². The van der Waals surface area contributed by atoms with Crippen molar-refractivity contribution >= 4 is 28.4 Å². The van der Waals surface area contributed by atoms with E-state index in [4.69, 9.17) is 4.74 Å². The highest BCUT2D eigenvalue weighted by Crippen LogP contribution is 2.19. The summed E-state index contributed by atoms with van der Waals surface area (Å²) in [5.41, 5.74) is 1.73. The Morgan fingerprint density at radius 2 is 1.70 bits per heavy atom. The van der Waals surface area contributed by atoms with Gasteiger partial charge >= 0.3 is 0 Å². The van der Waals surface area contributed by atoms with Gasteiger partial charge in [0.25, 0.3) is 0 Å². The quantitative estimate of drug-likeness (QED) is 0.721. The highest BCUT2D eigenvalue weighted by Gasteiger charge is 2.00. The summed E-state index contributed by atoms with van der Waals surface area (Å²) < 4.78 is 5.11. The molecule has 1 N–H and O–H groups in total.